The van der Waals surface area contributed by atoms with E-state index in [1.807, 2.05) is 26.2 Å². The SMILES string of the molecule is CCC(CC)(C(=O)Cc1ccncc1)N(C)C. The van der Waals surface area contributed by atoms with Gasteiger partial charge in [0.2, 0.25) is 0 Å². The molecule has 0 N–H and O–H groups in total. The predicted molar refractivity (Wildman–Crippen MR) is 69.9 cm³/mol. The van der Waals surface area contributed by atoms with Gasteiger partial charge in [-0.3, -0.25) is 14.7 Å². The minimum Gasteiger partial charge on any atom is -0.297 e. The van der Waals surface area contributed by atoms with Crippen LogP contribution in [0.1, 0.15) is 32.3 Å². The Bertz CT molecular complexity index is 356. The second-order valence-corrected chi connectivity index (χ2v) is 4.59. The highest BCUT2D eigenvalue weighted by molar-refractivity contribution is 5.90. The third kappa shape index (κ3) is 2.91. The first-order valence-corrected chi connectivity index (χ1v) is 6.16. The van der Waals surface area contributed by atoms with Gasteiger partial charge in [-0.1, -0.05) is 13.8 Å². The number of likely N-dealkylation sites (N-methyl/N-ethyl adjacent to an activating group) is 1. The van der Waals surface area contributed by atoms with E-state index in [1.165, 1.54) is 0 Å². The van der Waals surface area contributed by atoms with E-state index in [9.17, 15) is 4.79 Å². The van der Waals surface area contributed by atoms with E-state index in [0.717, 1.165) is 18.4 Å². The van der Waals surface area contributed by atoms with Gasteiger partial charge in [-0.15, -0.1) is 0 Å². The lowest BCUT2D eigenvalue weighted by molar-refractivity contribution is -0.129. The quantitative estimate of drug-likeness (QED) is 0.757. The number of Topliss-reactive ketones (excluding diaryl/α,β-unsaturated/α-hetero) is 1. The summed E-state index contributed by atoms with van der Waals surface area (Å²) in [7, 11) is 3.97. The molecule has 0 aliphatic heterocycles. The molecule has 0 fully saturated rings. The van der Waals surface area contributed by atoms with Gasteiger partial charge in [0.15, 0.2) is 5.78 Å². The van der Waals surface area contributed by atoms with E-state index in [1.54, 1.807) is 12.4 Å². The van der Waals surface area contributed by atoms with Gasteiger partial charge in [-0.25, -0.2) is 0 Å². The summed E-state index contributed by atoms with van der Waals surface area (Å²) < 4.78 is 0. The van der Waals surface area contributed by atoms with Gasteiger partial charge >= 0.3 is 0 Å². The summed E-state index contributed by atoms with van der Waals surface area (Å²) in [6.07, 6.45) is 5.65. The molecule has 0 amide bonds. The van der Waals surface area contributed by atoms with Crippen LogP contribution in [-0.2, 0) is 11.2 Å². The molecule has 1 heterocycles. The number of hydrogen-bond acceptors (Lipinski definition) is 3. The van der Waals surface area contributed by atoms with Crippen molar-refractivity contribution >= 4 is 5.78 Å². The number of pyridine rings is 1. The van der Waals surface area contributed by atoms with Gasteiger partial charge < -0.3 is 0 Å². The summed E-state index contributed by atoms with van der Waals surface area (Å²) in [4.78, 5) is 18.5. The molecule has 0 unspecified atom stereocenters. The number of hydrogen-bond donors (Lipinski definition) is 0. The van der Waals surface area contributed by atoms with Gasteiger partial charge in [0.25, 0.3) is 0 Å². The van der Waals surface area contributed by atoms with Crippen molar-refractivity contribution < 1.29 is 4.79 Å². The van der Waals surface area contributed by atoms with Gasteiger partial charge in [0, 0.05) is 18.8 Å². The fourth-order valence-electron chi connectivity index (χ4n) is 2.38. The van der Waals surface area contributed by atoms with Crippen LogP contribution in [0, 0.1) is 0 Å². The van der Waals surface area contributed by atoms with Crippen LogP contribution in [0.4, 0.5) is 0 Å². The van der Waals surface area contributed by atoms with Crippen molar-refractivity contribution in [3.05, 3.63) is 30.1 Å². The molecule has 0 spiro atoms. The van der Waals surface area contributed by atoms with Gasteiger partial charge in [0.05, 0.1) is 5.54 Å². The highest BCUT2D eigenvalue weighted by atomic mass is 16.1. The molecule has 1 aromatic heterocycles. The molecule has 3 heteroatoms. The molecule has 3 nitrogen and oxygen atoms in total. The molecule has 1 rings (SSSR count). The lowest BCUT2D eigenvalue weighted by Gasteiger charge is -2.37. The summed E-state index contributed by atoms with van der Waals surface area (Å²) in [5.74, 6) is 0.290. The second kappa shape index (κ2) is 5.92. The molecule has 0 saturated heterocycles. The van der Waals surface area contributed by atoms with Gasteiger partial charge in [-0.05, 0) is 44.6 Å². The third-order valence-electron chi connectivity index (χ3n) is 3.66. The van der Waals surface area contributed by atoms with E-state index < -0.39 is 0 Å². The number of nitrogens with zero attached hydrogens (tertiary/aromatic N) is 2. The fourth-order valence-corrected chi connectivity index (χ4v) is 2.38. The zero-order valence-corrected chi connectivity index (χ0v) is 11.2. The van der Waals surface area contributed by atoms with Crippen molar-refractivity contribution in [1.82, 2.24) is 9.88 Å². The molecule has 0 aliphatic rings. The van der Waals surface area contributed by atoms with Crippen molar-refractivity contribution in [1.29, 1.82) is 0 Å². The summed E-state index contributed by atoms with van der Waals surface area (Å²) in [5, 5.41) is 0. The van der Waals surface area contributed by atoms with Crippen LogP contribution in [0.2, 0.25) is 0 Å². The Balaban J connectivity index is 2.87. The number of rotatable bonds is 6. The molecular weight excluding hydrogens is 212 g/mol. The first-order chi connectivity index (χ1) is 8.06. The van der Waals surface area contributed by atoms with Crippen LogP contribution in [0.5, 0.6) is 0 Å². The number of ketones is 1. The topological polar surface area (TPSA) is 33.2 Å². The second-order valence-electron chi connectivity index (χ2n) is 4.59. The minimum absolute atomic E-state index is 0.290. The lowest BCUT2D eigenvalue weighted by atomic mass is 9.84. The summed E-state index contributed by atoms with van der Waals surface area (Å²) in [6, 6.07) is 3.81. The standard InChI is InChI=1S/C14H22N2O/c1-5-14(6-2,16(3)4)13(17)11-12-7-9-15-10-8-12/h7-10H,5-6,11H2,1-4H3. The monoisotopic (exact) mass is 234 g/mol. The highest BCUT2D eigenvalue weighted by Gasteiger charge is 2.36. The highest BCUT2D eigenvalue weighted by Crippen LogP contribution is 2.24. The van der Waals surface area contributed by atoms with Crippen molar-refractivity contribution in [2.75, 3.05) is 14.1 Å². The maximum Gasteiger partial charge on any atom is 0.157 e. The van der Waals surface area contributed by atoms with Crippen molar-refractivity contribution in [2.24, 2.45) is 0 Å². The van der Waals surface area contributed by atoms with E-state index in [0.29, 0.717) is 12.2 Å². The van der Waals surface area contributed by atoms with Crippen LogP contribution >= 0.6 is 0 Å². The molecule has 1 aromatic rings. The average Bonchev–Trinajstić information content (AvgIpc) is 2.32. The first-order valence-electron chi connectivity index (χ1n) is 6.16. The third-order valence-corrected chi connectivity index (χ3v) is 3.66. The normalized spacial score (nSPS) is 11.8. The Labute approximate surface area is 104 Å². The van der Waals surface area contributed by atoms with Crippen LogP contribution in [0.15, 0.2) is 24.5 Å². The van der Waals surface area contributed by atoms with E-state index in [4.69, 9.17) is 0 Å². The molecule has 0 radical (unpaired) electrons. The molecule has 0 aliphatic carbocycles. The van der Waals surface area contributed by atoms with Crippen molar-refractivity contribution in [3.63, 3.8) is 0 Å². The lowest BCUT2D eigenvalue weighted by Crippen LogP contribution is -2.50. The van der Waals surface area contributed by atoms with Crippen LogP contribution < -0.4 is 0 Å². The Morgan fingerprint density at radius 1 is 1.24 bits per heavy atom. The van der Waals surface area contributed by atoms with Gasteiger partial charge in [-0.2, -0.15) is 0 Å². The van der Waals surface area contributed by atoms with Crippen molar-refractivity contribution in [2.45, 2.75) is 38.6 Å². The fraction of sp³-hybridized carbons (Fsp3) is 0.571. The van der Waals surface area contributed by atoms with Crippen LogP contribution in [0.25, 0.3) is 0 Å². The smallest absolute Gasteiger partial charge is 0.157 e. The number of aromatic nitrogens is 1. The maximum absolute atomic E-state index is 12.5. The molecule has 0 saturated carbocycles. The zero-order chi connectivity index (χ0) is 12.9. The summed E-state index contributed by atoms with van der Waals surface area (Å²) in [6.45, 7) is 4.15. The van der Waals surface area contributed by atoms with E-state index in [2.05, 4.69) is 23.7 Å². The predicted octanol–water partition coefficient (Wildman–Crippen LogP) is 2.31. The number of carbonyl (C=O) groups excluding carboxylic acids is 1. The molecule has 0 atom stereocenters. The molecule has 17 heavy (non-hydrogen) atoms. The Morgan fingerprint density at radius 3 is 2.18 bits per heavy atom. The van der Waals surface area contributed by atoms with Crippen LogP contribution in [0.3, 0.4) is 0 Å². The maximum atomic E-state index is 12.5. The van der Waals surface area contributed by atoms with E-state index >= 15 is 0 Å². The van der Waals surface area contributed by atoms with Crippen molar-refractivity contribution in [3.8, 4) is 0 Å². The van der Waals surface area contributed by atoms with Gasteiger partial charge in [0.1, 0.15) is 0 Å². The Hall–Kier alpha value is -1.22. The zero-order valence-electron chi connectivity index (χ0n) is 11.2. The van der Waals surface area contributed by atoms with Crippen LogP contribution in [-0.4, -0.2) is 35.3 Å². The number of carbonyl (C=O) groups is 1. The Kier molecular flexibility index (Phi) is 4.82. The molecule has 0 aromatic carbocycles. The Morgan fingerprint density at radius 2 is 1.76 bits per heavy atom. The first kappa shape index (κ1) is 13.8. The average molecular weight is 234 g/mol. The van der Waals surface area contributed by atoms with E-state index in [-0.39, 0.29) is 5.54 Å². The molecular formula is C14H22N2O. The minimum atomic E-state index is -0.330. The molecule has 94 valence electrons. The largest absolute Gasteiger partial charge is 0.297 e. The summed E-state index contributed by atoms with van der Waals surface area (Å²) >= 11 is 0. The summed E-state index contributed by atoms with van der Waals surface area (Å²) in [5.41, 5.74) is 0.710. The molecule has 0 bridgehead atoms.